The van der Waals surface area contributed by atoms with Crippen LogP contribution in [0.25, 0.3) is 4.85 Å². The van der Waals surface area contributed by atoms with Crippen molar-refractivity contribution in [1.82, 2.24) is 15.1 Å². The van der Waals surface area contributed by atoms with Gasteiger partial charge in [0.15, 0.2) is 0 Å². The number of fused-ring (bicyclic) bond motifs is 2. The van der Waals surface area contributed by atoms with E-state index in [1.54, 1.807) is 18.2 Å². The summed E-state index contributed by atoms with van der Waals surface area (Å²) in [7, 11) is 1.44. The number of benzene rings is 2. The first-order valence-electron chi connectivity index (χ1n) is 13.3. The predicted octanol–water partition coefficient (Wildman–Crippen LogP) is 3.71. The van der Waals surface area contributed by atoms with Crippen LogP contribution in [0.3, 0.4) is 0 Å². The van der Waals surface area contributed by atoms with Crippen LogP contribution in [0.5, 0.6) is 0 Å². The third-order valence-corrected chi connectivity index (χ3v) is 7.69. The molecule has 2 aliphatic rings. The molecule has 11 heteroatoms. The number of nitrogens with zero attached hydrogens (tertiary/aromatic N) is 3. The Morgan fingerprint density at radius 3 is 2.54 bits per heavy atom. The second-order valence-electron chi connectivity index (χ2n) is 11.9. The van der Waals surface area contributed by atoms with E-state index >= 15 is 0 Å². The van der Waals surface area contributed by atoms with Crippen molar-refractivity contribution >= 4 is 29.3 Å². The summed E-state index contributed by atoms with van der Waals surface area (Å²) < 4.78 is 27.4. The van der Waals surface area contributed by atoms with E-state index in [1.807, 2.05) is 26.8 Å². The lowest BCUT2D eigenvalue weighted by Gasteiger charge is -2.36. The third kappa shape index (κ3) is 5.64. The van der Waals surface area contributed by atoms with Crippen LogP contribution in [-0.4, -0.2) is 65.3 Å². The molecule has 0 aliphatic carbocycles. The second kappa shape index (κ2) is 10.9. The lowest BCUT2D eigenvalue weighted by molar-refractivity contribution is -0.146. The van der Waals surface area contributed by atoms with Gasteiger partial charge in [-0.1, -0.05) is 39.0 Å². The Labute approximate surface area is 237 Å². The van der Waals surface area contributed by atoms with Crippen molar-refractivity contribution < 1.29 is 28.0 Å². The van der Waals surface area contributed by atoms with Crippen molar-refractivity contribution in [3.8, 4) is 0 Å². The van der Waals surface area contributed by atoms with Crippen LogP contribution in [0.15, 0.2) is 42.5 Å². The van der Waals surface area contributed by atoms with Gasteiger partial charge in [-0.15, -0.1) is 0 Å². The minimum atomic E-state index is -1.15. The number of carbonyl (C=O) groups is 4. The monoisotopic (exact) mass is 565 g/mol. The third-order valence-electron chi connectivity index (χ3n) is 7.69. The van der Waals surface area contributed by atoms with Crippen LogP contribution in [0.2, 0.25) is 0 Å². The van der Waals surface area contributed by atoms with Crippen LogP contribution in [-0.2, 0) is 19.8 Å². The van der Waals surface area contributed by atoms with E-state index in [4.69, 9.17) is 6.57 Å². The number of halogens is 2. The van der Waals surface area contributed by atoms with E-state index in [0.717, 1.165) is 17.7 Å². The molecule has 2 aliphatic heterocycles. The molecule has 0 unspecified atom stereocenters. The molecule has 1 saturated heterocycles. The van der Waals surface area contributed by atoms with Gasteiger partial charge in [0.1, 0.15) is 29.1 Å². The number of anilines is 1. The SMILES string of the molecule is [C-]#[N+][C@@H]1C[C@@]2(CN1C(=O)[C@H](CC(C)(C)C)N(C)C(=O)[C@H](C)NC(=O)c1ccc(F)cc1F)C(=O)Nc1ccccc12. The average molecular weight is 566 g/mol. The summed E-state index contributed by atoms with van der Waals surface area (Å²) in [6, 6.07) is 7.54. The number of likely N-dealkylation sites (tertiary alicyclic amines) is 1. The highest BCUT2D eigenvalue weighted by atomic mass is 19.1. The standard InChI is InChI=1S/C30H33F2N5O4/c1-17(34-25(38)19-12-11-18(31)13-21(19)32)26(39)36(6)23(14-29(2,3)4)27(40)37-16-30(15-24(37)33-5)20-9-7-8-10-22(20)35-28(30)41/h7-13,17,23-24H,14-16H2,1-4,6H3,(H,34,38)(H,35,41)/t17-,23-,24-,30-/m0/s1. The Morgan fingerprint density at radius 2 is 1.90 bits per heavy atom. The number of amides is 4. The molecule has 0 saturated carbocycles. The smallest absolute Gasteiger partial charge is 0.302 e. The lowest BCUT2D eigenvalue weighted by atomic mass is 9.80. The van der Waals surface area contributed by atoms with E-state index in [1.165, 1.54) is 23.8 Å². The van der Waals surface area contributed by atoms with Gasteiger partial charge in [-0.2, -0.15) is 0 Å². The quantitative estimate of drug-likeness (QED) is 0.522. The maximum Gasteiger partial charge on any atom is 0.302 e. The maximum absolute atomic E-state index is 14.1. The predicted molar refractivity (Wildman–Crippen MR) is 147 cm³/mol. The molecule has 41 heavy (non-hydrogen) atoms. The van der Waals surface area contributed by atoms with Gasteiger partial charge in [0, 0.05) is 25.3 Å². The van der Waals surface area contributed by atoms with Gasteiger partial charge < -0.3 is 15.5 Å². The van der Waals surface area contributed by atoms with Crippen molar-refractivity contribution in [3.05, 3.63) is 76.6 Å². The maximum atomic E-state index is 14.1. The zero-order chi connectivity index (χ0) is 30.3. The van der Waals surface area contributed by atoms with Crippen molar-refractivity contribution in [3.63, 3.8) is 0 Å². The lowest BCUT2D eigenvalue weighted by Crippen LogP contribution is -2.56. The number of likely N-dealkylation sites (N-methyl/N-ethyl adjacent to an activating group) is 1. The van der Waals surface area contributed by atoms with Crippen molar-refractivity contribution in [2.45, 2.75) is 64.2 Å². The number of rotatable bonds is 6. The number of para-hydroxylation sites is 1. The van der Waals surface area contributed by atoms with Crippen LogP contribution < -0.4 is 10.6 Å². The first-order valence-corrected chi connectivity index (χ1v) is 13.3. The molecule has 2 N–H and O–H groups in total. The minimum Gasteiger partial charge on any atom is -0.340 e. The molecule has 2 aromatic rings. The highest BCUT2D eigenvalue weighted by Gasteiger charge is 2.59. The first-order chi connectivity index (χ1) is 19.2. The summed E-state index contributed by atoms with van der Waals surface area (Å²) in [4.78, 5) is 59.7. The molecule has 4 rings (SSSR count). The van der Waals surface area contributed by atoms with Crippen LogP contribution in [0.1, 0.15) is 56.5 Å². The van der Waals surface area contributed by atoms with Gasteiger partial charge >= 0.3 is 6.17 Å². The summed E-state index contributed by atoms with van der Waals surface area (Å²) in [6.07, 6.45) is -0.553. The van der Waals surface area contributed by atoms with Gasteiger partial charge in [0.2, 0.25) is 11.8 Å². The first kappa shape index (κ1) is 29.6. The fourth-order valence-electron chi connectivity index (χ4n) is 5.59. The molecule has 2 aromatic carbocycles. The summed E-state index contributed by atoms with van der Waals surface area (Å²) in [6.45, 7) is 14.9. The van der Waals surface area contributed by atoms with Crippen LogP contribution in [0, 0.1) is 23.6 Å². The number of hydrogen-bond acceptors (Lipinski definition) is 4. The molecule has 216 valence electrons. The fourth-order valence-corrected chi connectivity index (χ4v) is 5.59. The molecule has 0 aromatic heterocycles. The van der Waals surface area contributed by atoms with E-state index in [-0.39, 0.29) is 25.3 Å². The molecule has 1 spiro atoms. The van der Waals surface area contributed by atoms with Gasteiger partial charge in [-0.3, -0.25) is 28.9 Å². The highest BCUT2D eigenvalue weighted by molar-refractivity contribution is 6.07. The molecular formula is C30H33F2N5O4. The molecule has 1 fully saturated rings. The molecule has 2 heterocycles. The van der Waals surface area contributed by atoms with Crippen LogP contribution in [0.4, 0.5) is 14.5 Å². The van der Waals surface area contributed by atoms with Crippen molar-refractivity contribution in [2.24, 2.45) is 5.41 Å². The molecular weight excluding hydrogens is 532 g/mol. The van der Waals surface area contributed by atoms with Crippen molar-refractivity contribution in [2.75, 3.05) is 18.9 Å². The summed E-state index contributed by atoms with van der Waals surface area (Å²) in [5, 5.41) is 5.29. The zero-order valence-corrected chi connectivity index (χ0v) is 23.6. The molecule has 0 radical (unpaired) electrons. The average Bonchev–Trinajstić information content (AvgIpc) is 3.43. The molecule has 4 atom stereocenters. The van der Waals surface area contributed by atoms with E-state index in [2.05, 4.69) is 15.5 Å². The number of carbonyl (C=O) groups excluding carboxylic acids is 4. The van der Waals surface area contributed by atoms with E-state index in [9.17, 15) is 28.0 Å². The Morgan fingerprint density at radius 1 is 1.22 bits per heavy atom. The zero-order valence-electron chi connectivity index (χ0n) is 23.6. The van der Waals surface area contributed by atoms with Gasteiger partial charge in [-0.05, 0) is 42.5 Å². The van der Waals surface area contributed by atoms with E-state index in [0.29, 0.717) is 11.8 Å². The second-order valence-corrected chi connectivity index (χ2v) is 11.9. The van der Waals surface area contributed by atoms with Crippen LogP contribution >= 0.6 is 0 Å². The number of hydrogen-bond donors (Lipinski definition) is 2. The summed E-state index contributed by atoms with van der Waals surface area (Å²) >= 11 is 0. The van der Waals surface area contributed by atoms with Crippen molar-refractivity contribution in [1.29, 1.82) is 0 Å². The Balaban J connectivity index is 1.58. The topological polar surface area (TPSA) is 103 Å². The van der Waals surface area contributed by atoms with E-state index < -0.39 is 64.0 Å². The summed E-state index contributed by atoms with van der Waals surface area (Å²) in [5.74, 6) is -4.18. The largest absolute Gasteiger partial charge is 0.340 e. The summed E-state index contributed by atoms with van der Waals surface area (Å²) in [5.41, 5.74) is -0.530. The molecule has 9 nitrogen and oxygen atoms in total. The van der Waals surface area contributed by atoms with Gasteiger partial charge in [-0.25, -0.2) is 15.4 Å². The Bertz CT molecular complexity index is 1450. The normalized spacial score (nSPS) is 21.1. The van der Waals surface area contributed by atoms with Gasteiger partial charge in [0.05, 0.1) is 12.0 Å². The Kier molecular flexibility index (Phi) is 7.89. The molecule has 0 bridgehead atoms. The van der Waals surface area contributed by atoms with Gasteiger partial charge in [0.25, 0.3) is 11.8 Å². The molecule has 4 amide bonds. The fraction of sp³-hybridized carbons (Fsp3) is 0.433. The highest BCUT2D eigenvalue weighted by Crippen LogP contribution is 2.47. The number of nitrogens with one attached hydrogen (secondary N) is 2. The Hall–Kier alpha value is -4.33. The minimum absolute atomic E-state index is 0.0134.